The van der Waals surface area contributed by atoms with E-state index in [0.717, 1.165) is 30.1 Å². The summed E-state index contributed by atoms with van der Waals surface area (Å²) >= 11 is 1.63. The minimum absolute atomic E-state index is 0.00911. The van der Waals surface area contributed by atoms with Crippen LogP contribution in [-0.4, -0.2) is 34.5 Å². The van der Waals surface area contributed by atoms with Crippen molar-refractivity contribution in [3.8, 4) is 11.5 Å². The van der Waals surface area contributed by atoms with Crippen LogP contribution in [0.15, 0.2) is 29.6 Å². The van der Waals surface area contributed by atoms with Crippen LogP contribution >= 0.6 is 11.3 Å². The number of benzene rings is 1. The molecule has 0 bridgehead atoms. The number of aryl methyl sites for hydroxylation is 1. The standard InChI is InChI=1S/C18H20N2O3S/c1-11-17(23-16-8-4-3-7-15(16)22-11)18(21)20-9-5-6-14(20)13-10-24-12(2)19-13/h3-4,7-8,10-11,14,17H,5-6,9H2,1-2H3/t11?,14-,17?/m1/s1. The van der Waals surface area contributed by atoms with Gasteiger partial charge in [-0.15, -0.1) is 11.3 Å². The summed E-state index contributed by atoms with van der Waals surface area (Å²) in [5.74, 6) is 1.32. The maximum Gasteiger partial charge on any atom is 0.268 e. The lowest BCUT2D eigenvalue weighted by Crippen LogP contribution is -2.50. The van der Waals surface area contributed by atoms with Gasteiger partial charge in [0.25, 0.3) is 5.91 Å². The monoisotopic (exact) mass is 344 g/mol. The molecule has 0 radical (unpaired) electrons. The van der Waals surface area contributed by atoms with E-state index in [1.54, 1.807) is 11.3 Å². The first-order valence-corrected chi connectivity index (χ1v) is 9.16. The van der Waals surface area contributed by atoms with E-state index in [4.69, 9.17) is 9.47 Å². The predicted molar refractivity (Wildman–Crippen MR) is 91.5 cm³/mol. The third kappa shape index (κ3) is 2.65. The van der Waals surface area contributed by atoms with E-state index in [9.17, 15) is 4.79 Å². The van der Waals surface area contributed by atoms with Crippen molar-refractivity contribution in [2.45, 2.75) is 44.9 Å². The largest absolute Gasteiger partial charge is 0.482 e. The Bertz CT molecular complexity index is 760. The third-order valence-electron chi connectivity index (χ3n) is 4.60. The van der Waals surface area contributed by atoms with Gasteiger partial charge in [-0.2, -0.15) is 0 Å². The Balaban J connectivity index is 1.57. The van der Waals surface area contributed by atoms with Crippen LogP contribution in [0, 0.1) is 6.92 Å². The fraction of sp³-hybridized carbons (Fsp3) is 0.444. The van der Waals surface area contributed by atoms with Gasteiger partial charge in [-0.05, 0) is 38.8 Å². The fourth-order valence-electron chi connectivity index (χ4n) is 3.43. The van der Waals surface area contributed by atoms with Crippen LogP contribution in [0.25, 0.3) is 0 Å². The van der Waals surface area contributed by atoms with Gasteiger partial charge in [-0.25, -0.2) is 4.98 Å². The van der Waals surface area contributed by atoms with Gasteiger partial charge < -0.3 is 14.4 Å². The number of para-hydroxylation sites is 2. The second-order valence-corrected chi connectivity index (χ2v) is 7.35. The van der Waals surface area contributed by atoms with Gasteiger partial charge in [0, 0.05) is 11.9 Å². The van der Waals surface area contributed by atoms with E-state index >= 15 is 0 Å². The normalized spacial score (nSPS) is 25.8. The van der Waals surface area contributed by atoms with Gasteiger partial charge in [0.2, 0.25) is 6.10 Å². The fourth-order valence-corrected chi connectivity index (χ4v) is 4.08. The van der Waals surface area contributed by atoms with Crippen LogP contribution in [-0.2, 0) is 4.79 Å². The molecule has 2 aliphatic heterocycles. The molecule has 1 aromatic heterocycles. The Labute approximate surface area is 145 Å². The molecular formula is C18H20N2O3S. The highest BCUT2D eigenvalue weighted by molar-refractivity contribution is 7.09. The summed E-state index contributed by atoms with van der Waals surface area (Å²) < 4.78 is 11.9. The Kier molecular flexibility index (Phi) is 3.92. The summed E-state index contributed by atoms with van der Waals surface area (Å²) in [4.78, 5) is 19.6. The number of fused-ring (bicyclic) bond motifs is 1. The lowest BCUT2D eigenvalue weighted by atomic mass is 10.1. The first-order chi connectivity index (χ1) is 11.6. The molecule has 0 N–H and O–H groups in total. The van der Waals surface area contributed by atoms with Crippen molar-refractivity contribution in [1.29, 1.82) is 0 Å². The number of hydrogen-bond acceptors (Lipinski definition) is 5. The number of nitrogens with zero attached hydrogens (tertiary/aromatic N) is 2. The number of amides is 1. The molecule has 0 aliphatic carbocycles. The number of carbonyl (C=O) groups is 1. The number of aromatic nitrogens is 1. The van der Waals surface area contributed by atoms with Gasteiger partial charge in [0.15, 0.2) is 11.5 Å². The average Bonchev–Trinajstić information content (AvgIpc) is 3.22. The first kappa shape index (κ1) is 15.4. The summed E-state index contributed by atoms with van der Waals surface area (Å²) in [5, 5.41) is 3.09. The average molecular weight is 344 g/mol. The Morgan fingerprint density at radius 2 is 2.04 bits per heavy atom. The highest BCUT2D eigenvalue weighted by Crippen LogP contribution is 2.37. The van der Waals surface area contributed by atoms with Crippen molar-refractivity contribution in [2.75, 3.05) is 6.54 Å². The van der Waals surface area contributed by atoms with E-state index in [0.29, 0.717) is 11.5 Å². The Morgan fingerprint density at radius 3 is 2.75 bits per heavy atom. The molecule has 0 saturated carbocycles. The minimum Gasteiger partial charge on any atom is -0.482 e. The summed E-state index contributed by atoms with van der Waals surface area (Å²) in [6.45, 7) is 4.62. The molecule has 4 rings (SSSR count). The maximum atomic E-state index is 13.1. The highest BCUT2D eigenvalue weighted by Gasteiger charge is 2.41. The zero-order valence-corrected chi connectivity index (χ0v) is 14.6. The van der Waals surface area contributed by atoms with Crippen LogP contribution in [0.3, 0.4) is 0 Å². The zero-order valence-electron chi connectivity index (χ0n) is 13.8. The summed E-state index contributed by atoms with van der Waals surface area (Å²) in [5.41, 5.74) is 0.994. The van der Waals surface area contributed by atoms with Crippen molar-refractivity contribution >= 4 is 17.2 Å². The van der Waals surface area contributed by atoms with Crippen molar-refractivity contribution in [1.82, 2.24) is 9.88 Å². The molecule has 6 heteroatoms. The molecule has 3 atom stereocenters. The molecule has 1 amide bonds. The zero-order chi connectivity index (χ0) is 16.7. The number of rotatable bonds is 2. The first-order valence-electron chi connectivity index (χ1n) is 8.28. The van der Waals surface area contributed by atoms with E-state index in [2.05, 4.69) is 10.4 Å². The molecular weight excluding hydrogens is 324 g/mol. The number of thiazole rings is 1. The minimum atomic E-state index is -0.611. The highest BCUT2D eigenvalue weighted by atomic mass is 32.1. The van der Waals surface area contributed by atoms with Crippen molar-refractivity contribution in [3.63, 3.8) is 0 Å². The van der Waals surface area contributed by atoms with Gasteiger partial charge in [-0.1, -0.05) is 12.1 Å². The molecule has 5 nitrogen and oxygen atoms in total. The summed E-state index contributed by atoms with van der Waals surface area (Å²) in [6, 6.07) is 7.54. The van der Waals surface area contributed by atoms with E-state index < -0.39 is 6.10 Å². The summed E-state index contributed by atoms with van der Waals surface area (Å²) in [6.07, 6.45) is 1.02. The van der Waals surface area contributed by atoms with E-state index in [1.807, 2.05) is 43.0 Å². The van der Waals surface area contributed by atoms with Crippen LogP contribution in [0.4, 0.5) is 0 Å². The molecule has 3 heterocycles. The van der Waals surface area contributed by atoms with E-state index in [1.165, 1.54) is 0 Å². The Morgan fingerprint density at radius 1 is 1.29 bits per heavy atom. The molecule has 2 aromatic rings. The predicted octanol–water partition coefficient (Wildman–Crippen LogP) is 3.34. The van der Waals surface area contributed by atoms with E-state index in [-0.39, 0.29) is 18.1 Å². The maximum absolute atomic E-state index is 13.1. The van der Waals surface area contributed by atoms with Crippen LogP contribution in [0.2, 0.25) is 0 Å². The molecule has 24 heavy (non-hydrogen) atoms. The quantitative estimate of drug-likeness (QED) is 0.838. The number of likely N-dealkylation sites (tertiary alicyclic amines) is 1. The van der Waals surface area contributed by atoms with Crippen molar-refractivity contribution in [3.05, 3.63) is 40.3 Å². The molecule has 1 fully saturated rings. The lowest BCUT2D eigenvalue weighted by molar-refractivity contribution is -0.145. The van der Waals surface area contributed by atoms with Crippen molar-refractivity contribution < 1.29 is 14.3 Å². The molecule has 126 valence electrons. The second-order valence-electron chi connectivity index (χ2n) is 6.29. The molecule has 0 spiro atoms. The molecule has 2 aliphatic rings. The number of carbonyl (C=O) groups excluding carboxylic acids is 1. The lowest BCUT2D eigenvalue weighted by Gasteiger charge is -2.34. The smallest absolute Gasteiger partial charge is 0.268 e. The van der Waals surface area contributed by atoms with Crippen LogP contribution in [0.1, 0.15) is 36.5 Å². The van der Waals surface area contributed by atoms with Crippen LogP contribution < -0.4 is 9.47 Å². The SMILES string of the molecule is Cc1nc([C@H]2CCCN2C(=O)C2Oc3ccccc3OC2C)cs1. The summed E-state index contributed by atoms with van der Waals surface area (Å²) in [7, 11) is 0. The number of ether oxygens (including phenoxy) is 2. The van der Waals surface area contributed by atoms with Crippen LogP contribution in [0.5, 0.6) is 11.5 Å². The topological polar surface area (TPSA) is 51.7 Å². The number of hydrogen-bond donors (Lipinski definition) is 0. The van der Waals surface area contributed by atoms with Gasteiger partial charge >= 0.3 is 0 Å². The van der Waals surface area contributed by atoms with Crippen molar-refractivity contribution in [2.24, 2.45) is 0 Å². The third-order valence-corrected chi connectivity index (χ3v) is 5.39. The molecule has 2 unspecified atom stereocenters. The Hall–Kier alpha value is -2.08. The second kappa shape index (κ2) is 6.09. The van der Waals surface area contributed by atoms with Gasteiger partial charge in [0.1, 0.15) is 6.10 Å². The molecule has 1 aromatic carbocycles. The van der Waals surface area contributed by atoms with Gasteiger partial charge in [0.05, 0.1) is 16.7 Å². The molecule has 1 saturated heterocycles. The van der Waals surface area contributed by atoms with Gasteiger partial charge in [-0.3, -0.25) is 4.79 Å².